The second-order valence-corrected chi connectivity index (χ2v) is 5.90. The van der Waals surface area contributed by atoms with Crippen molar-refractivity contribution in [1.82, 2.24) is 4.90 Å². The van der Waals surface area contributed by atoms with Crippen LogP contribution in [0, 0.1) is 0 Å². The Hall–Kier alpha value is -1.11. The van der Waals surface area contributed by atoms with Crippen molar-refractivity contribution in [2.45, 2.75) is 12.0 Å². The van der Waals surface area contributed by atoms with E-state index < -0.39 is 5.54 Å². The van der Waals surface area contributed by atoms with Gasteiger partial charge in [0, 0.05) is 18.1 Å². The van der Waals surface area contributed by atoms with E-state index in [1.165, 1.54) is 0 Å². The Balaban J connectivity index is 1.78. The van der Waals surface area contributed by atoms with Gasteiger partial charge in [-0.05, 0) is 30.7 Å². The molecule has 2 N–H and O–H groups in total. The quantitative estimate of drug-likeness (QED) is 0.878. The van der Waals surface area contributed by atoms with Crippen LogP contribution in [0.4, 0.5) is 0 Å². The molecule has 0 radical (unpaired) electrons. The lowest BCUT2D eigenvalue weighted by Crippen LogP contribution is -2.55. The predicted octanol–water partition coefficient (Wildman–Crippen LogP) is 1.40. The van der Waals surface area contributed by atoms with Crippen LogP contribution >= 0.6 is 15.9 Å². The monoisotopic (exact) mass is 342 g/mol. The normalized spacial score (nSPS) is 21.8. The lowest BCUT2D eigenvalue weighted by molar-refractivity contribution is -0.136. The van der Waals surface area contributed by atoms with Gasteiger partial charge in [-0.2, -0.15) is 0 Å². The molecule has 20 heavy (non-hydrogen) atoms. The highest BCUT2D eigenvalue weighted by Gasteiger charge is 2.39. The van der Waals surface area contributed by atoms with Gasteiger partial charge in [-0.25, -0.2) is 0 Å². The summed E-state index contributed by atoms with van der Waals surface area (Å²) >= 11 is 3.37. The second-order valence-electron chi connectivity index (χ2n) is 4.99. The summed E-state index contributed by atoms with van der Waals surface area (Å²) in [7, 11) is 1.74. The third-order valence-electron chi connectivity index (χ3n) is 3.33. The van der Waals surface area contributed by atoms with Crippen LogP contribution in [-0.2, 0) is 9.53 Å². The molecule has 0 aromatic heterocycles. The van der Waals surface area contributed by atoms with E-state index in [0.29, 0.717) is 32.8 Å². The molecule has 1 unspecified atom stereocenters. The summed E-state index contributed by atoms with van der Waals surface area (Å²) in [6.07, 6.45) is 0.573. The molecule has 1 atom stereocenters. The van der Waals surface area contributed by atoms with E-state index in [9.17, 15) is 4.79 Å². The SMILES string of the molecule is CN(CCOc1ccc(Br)cc1)C(=O)C1(N)CCOC1. The van der Waals surface area contributed by atoms with Gasteiger partial charge < -0.3 is 20.1 Å². The molecule has 1 aliphatic heterocycles. The standard InChI is InChI=1S/C14H19BrN2O3/c1-17(13(18)14(16)6-8-19-10-14)7-9-20-12-4-2-11(15)3-5-12/h2-5H,6-10,16H2,1H3. The number of hydrogen-bond acceptors (Lipinski definition) is 4. The van der Waals surface area contributed by atoms with Gasteiger partial charge in [0.05, 0.1) is 13.2 Å². The zero-order valence-electron chi connectivity index (χ0n) is 11.5. The lowest BCUT2D eigenvalue weighted by atomic mass is 9.99. The predicted molar refractivity (Wildman–Crippen MR) is 79.6 cm³/mol. The molecule has 1 heterocycles. The Bertz CT molecular complexity index is 458. The third-order valence-corrected chi connectivity index (χ3v) is 3.86. The summed E-state index contributed by atoms with van der Waals surface area (Å²) < 4.78 is 11.8. The number of nitrogens with zero attached hydrogens (tertiary/aromatic N) is 1. The molecular formula is C14H19BrN2O3. The van der Waals surface area contributed by atoms with E-state index in [0.717, 1.165) is 10.2 Å². The van der Waals surface area contributed by atoms with Gasteiger partial charge in [-0.3, -0.25) is 4.79 Å². The van der Waals surface area contributed by atoms with Crippen LogP contribution in [-0.4, -0.2) is 49.8 Å². The molecule has 1 amide bonds. The van der Waals surface area contributed by atoms with Crippen molar-refractivity contribution >= 4 is 21.8 Å². The smallest absolute Gasteiger partial charge is 0.245 e. The minimum atomic E-state index is -0.869. The number of hydrogen-bond donors (Lipinski definition) is 1. The Morgan fingerprint density at radius 2 is 2.20 bits per heavy atom. The molecule has 5 nitrogen and oxygen atoms in total. The molecule has 1 aromatic rings. The van der Waals surface area contributed by atoms with E-state index >= 15 is 0 Å². The van der Waals surface area contributed by atoms with E-state index in [1.54, 1.807) is 11.9 Å². The topological polar surface area (TPSA) is 64.8 Å². The molecule has 6 heteroatoms. The van der Waals surface area contributed by atoms with Gasteiger partial charge in [-0.1, -0.05) is 15.9 Å². The summed E-state index contributed by atoms with van der Waals surface area (Å²) in [6, 6.07) is 7.58. The summed E-state index contributed by atoms with van der Waals surface area (Å²) in [6.45, 7) is 1.77. The highest BCUT2D eigenvalue weighted by molar-refractivity contribution is 9.10. The van der Waals surface area contributed by atoms with E-state index in [1.807, 2.05) is 24.3 Å². The van der Waals surface area contributed by atoms with E-state index in [4.69, 9.17) is 15.2 Å². The minimum absolute atomic E-state index is 0.0885. The lowest BCUT2D eigenvalue weighted by Gasteiger charge is -2.27. The van der Waals surface area contributed by atoms with Gasteiger partial charge in [0.2, 0.25) is 5.91 Å². The largest absolute Gasteiger partial charge is 0.492 e. The van der Waals surface area contributed by atoms with Crippen molar-refractivity contribution in [2.75, 3.05) is 33.4 Å². The average molecular weight is 343 g/mol. The third kappa shape index (κ3) is 3.71. The zero-order valence-corrected chi connectivity index (χ0v) is 13.1. The summed E-state index contributed by atoms with van der Waals surface area (Å²) in [4.78, 5) is 13.8. The van der Waals surface area contributed by atoms with Crippen molar-refractivity contribution in [1.29, 1.82) is 0 Å². The van der Waals surface area contributed by atoms with Crippen molar-refractivity contribution in [3.8, 4) is 5.75 Å². The van der Waals surface area contributed by atoms with Crippen LogP contribution in [0.15, 0.2) is 28.7 Å². The summed E-state index contributed by atoms with van der Waals surface area (Å²) in [5.41, 5.74) is 5.17. The summed E-state index contributed by atoms with van der Waals surface area (Å²) in [5.74, 6) is 0.690. The average Bonchev–Trinajstić information content (AvgIpc) is 2.88. The van der Waals surface area contributed by atoms with Crippen LogP contribution in [0.1, 0.15) is 6.42 Å². The van der Waals surface area contributed by atoms with E-state index in [-0.39, 0.29) is 5.91 Å². The van der Waals surface area contributed by atoms with Crippen LogP contribution in [0.5, 0.6) is 5.75 Å². The fraction of sp³-hybridized carbons (Fsp3) is 0.500. The Kier molecular flexibility index (Phi) is 5.01. The van der Waals surface area contributed by atoms with Crippen LogP contribution in [0.3, 0.4) is 0 Å². The van der Waals surface area contributed by atoms with Crippen molar-refractivity contribution in [3.05, 3.63) is 28.7 Å². The Labute approximate surface area is 127 Å². The van der Waals surface area contributed by atoms with Gasteiger partial charge in [-0.15, -0.1) is 0 Å². The number of nitrogens with two attached hydrogens (primary N) is 1. The first-order valence-electron chi connectivity index (χ1n) is 6.52. The maximum absolute atomic E-state index is 12.2. The number of ether oxygens (including phenoxy) is 2. The molecule has 0 aliphatic carbocycles. The molecule has 110 valence electrons. The van der Waals surface area contributed by atoms with Crippen LogP contribution in [0.2, 0.25) is 0 Å². The molecule has 2 rings (SSSR count). The number of halogens is 1. The molecule has 1 saturated heterocycles. The second kappa shape index (κ2) is 6.56. The van der Waals surface area contributed by atoms with Crippen molar-refractivity contribution in [3.63, 3.8) is 0 Å². The first-order valence-corrected chi connectivity index (χ1v) is 7.31. The van der Waals surface area contributed by atoms with Gasteiger partial charge in [0.1, 0.15) is 17.9 Å². The molecule has 1 fully saturated rings. The first kappa shape index (κ1) is 15.3. The van der Waals surface area contributed by atoms with Gasteiger partial charge in [0.15, 0.2) is 0 Å². The molecule has 1 aromatic carbocycles. The summed E-state index contributed by atoms with van der Waals surface area (Å²) in [5, 5.41) is 0. The zero-order chi connectivity index (χ0) is 14.6. The molecular weight excluding hydrogens is 324 g/mol. The molecule has 1 aliphatic rings. The first-order chi connectivity index (χ1) is 9.51. The molecule has 0 saturated carbocycles. The minimum Gasteiger partial charge on any atom is -0.492 e. The highest BCUT2D eigenvalue weighted by Crippen LogP contribution is 2.18. The Morgan fingerprint density at radius 1 is 1.50 bits per heavy atom. The Morgan fingerprint density at radius 3 is 2.80 bits per heavy atom. The fourth-order valence-electron chi connectivity index (χ4n) is 2.06. The number of carbonyl (C=O) groups excluding carboxylic acids is 1. The van der Waals surface area contributed by atoms with E-state index in [2.05, 4.69) is 15.9 Å². The fourth-order valence-corrected chi connectivity index (χ4v) is 2.33. The van der Waals surface area contributed by atoms with Crippen LogP contribution < -0.4 is 10.5 Å². The number of benzene rings is 1. The van der Waals surface area contributed by atoms with Gasteiger partial charge in [0.25, 0.3) is 0 Å². The maximum Gasteiger partial charge on any atom is 0.245 e. The molecule has 0 spiro atoms. The van der Waals surface area contributed by atoms with Crippen molar-refractivity contribution < 1.29 is 14.3 Å². The number of likely N-dealkylation sites (N-methyl/N-ethyl adjacent to an activating group) is 1. The number of carbonyl (C=O) groups is 1. The maximum atomic E-state index is 12.2. The number of rotatable bonds is 5. The van der Waals surface area contributed by atoms with Crippen LogP contribution in [0.25, 0.3) is 0 Å². The van der Waals surface area contributed by atoms with Gasteiger partial charge >= 0.3 is 0 Å². The molecule has 0 bridgehead atoms. The number of amides is 1. The highest BCUT2D eigenvalue weighted by atomic mass is 79.9. The van der Waals surface area contributed by atoms with Crippen molar-refractivity contribution in [2.24, 2.45) is 5.73 Å².